The van der Waals surface area contributed by atoms with Crippen LogP contribution in [0, 0.1) is 0 Å². The van der Waals surface area contributed by atoms with E-state index in [1.807, 2.05) is 0 Å². The van der Waals surface area contributed by atoms with Gasteiger partial charge in [-0.15, -0.1) is 0 Å². The van der Waals surface area contributed by atoms with Crippen LogP contribution in [0.15, 0.2) is 205 Å². The van der Waals surface area contributed by atoms with Gasteiger partial charge in [0.1, 0.15) is 5.58 Å². The van der Waals surface area contributed by atoms with E-state index in [2.05, 4.69) is 219 Å². The lowest BCUT2D eigenvalue weighted by molar-refractivity contribution is 0.660. The van der Waals surface area contributed by atoms with Crippen LogP contribution in [-0.4, -0.2) is 0 Å². The van der Waals surface area contributed by atoms with Crippen molar-refractivity contribution in [3.63, 3.8) is 0 Å². The fraction of sp³-hybridized carbons (Fsp3) is 0.0526. The molecule has 12 rings (SSSR count). The number of furan rings is 1. The molecule has 1 aromatic heterocycles. The average Bonchev–Trinajstić information content (AvgIpc) is 3.79. The van der Waals surface area contributed by atoms with Gasteiger partial charge in [0.05, 0.1) is 5.69 Å². The van der Waals surface area contributed by atoms with E-state index in [-0.39, 0.29) is 5.41 Å². The molecule has 59 heavy (non-hydrogen) atoms. The number of benzene rings is 10. The zero-order chi connectivity index (χ0) is 39.2. The molecule has 278 valence electrons. The number of para-hydroxylation sites is 1. The van der Waals surface area contributed by atoms with Crippen molar-refractivity contribution in [3.05, 3.63) is 211 Å². The van der Waals surface area contributed by atoms with Gasteiger partial charge in [-0.3, -0.25) is 0 Å². The van der Waals surface area contributed by atoms with Crippen LogP contribution < -0.4 is 4.90 Å². The van der Waals surface area contributed by atoms with Crippen molar-refractivity contribution >= 4 is 71.3 Å². The second-order valence-electron chi connectivity index (χ2n) is 16.4. The Morgan fingerprint density at radius 2 is 0.983 bits per heavy atom. The van der Waals surface area contributed by atoms with E-state index < -0.39 is 0 Å². The lowest BCUT2D eigenvalue weighted by Gasteiger charge is -2.28. The van der Waals surface area contributed by atoms with Crippen LogP contribution >= 0.6 is 0 Å². The third kappa shape index (κ3) is 5.06. The molecule has 0 saturated heterocycles. The molecule has 0 amide bonds. The summed E-state index contributed by atoms with van der Waals surface area (Å²) in [6.45, 7) is 4.70. The highest BCUT2D eigenvalue weighted by Gasteiger charge is 2.36. The standard InChI is InChI=1S/C57H39NO/c1-57(2)51-25-13-12-22-45(51)46-32-31-40(34-52(46)57)58(39-29-27-37(28-30-39)49-33-38-17-6-7-18-41(38)42-19-8-9-20-43(42)49)53-26-14-24-48-55-47-23-11-10-21-44(47)50(35-54(55)59-56(48)53)36-15-4-3-5-16-36/h3-35H,1-2H3. The molecule has 0 radical (unpaired) electrons. The smallest absolute Gasteiger partial charge is 0.159 e. The van der Waals surface area contributed by atoms with E-state index in [0.29, 0.717) is 0 Å². The van der Waals surface area contributed by atoms with Gasteiger partial charge in [-0.05, 0) is 119 Å². The predicted molar refractivity (Wildman–Crippen MR) is 249 cm³/mol. The molecule has 1 aliphatic rings. The highest BCUT2D eigenvalue weighted by Crippen LogP contribution is 2.52. The van der Waals surface area contributed by atoms with Gasteiger partial charge in [-0.1, -0.05) is 172 Å². The van der Waals surface area contributed by atoms with Crippen LogP contribution in [0.3, 0.4) is 0 Å². The molecule has 0 atom stereocenters. The van der Waals surface area contributed by atoms with Crippen molar-refractivity contribution in [1.29, 1.82) is 0 Å². The van der Waals surface area contributed by atoms with Crippen LogP contribution in [-0.2, 0) is 5.41 Å². The summed E-state index contributed by atoms with van der Waals surface area (Å²) < 4.78 is 7.10. The summed E-state index contributed by atoms with van der Waals surface area (Å²) in [4.78, 5) is 2.40. The number of hydrogen-bond donors (Lipinski definition) is 0. The molecule has 2 heteroatoms. The zero-order valence-electron chi connectivity index (χ0n) is 32.9. The van der Waals surface area contributed by atoms with Crippen molar-refractivity contribution in [3.8, 4) is 33.4 Å². The molecule has 1 aliphatic carbocycles. The summed E-state index contributed by atoms with van der Waals surface area (Å²) in [5.41, 5.74) is 14.8. The Morgan fingerprint density at radius 3 is 1.80 bits per heavy atom. The zero-order valence-corrected chi connectivity index (χ0v) is 32.9. The first kappa shape index (κ1) is 33.7. The van der Waals surface area contributed by atoms with Crippen molar-refractivity contribution in [2.75, 3.05) is 4.90 Å². The summed E-state index contributed by atoms with van der Waals surface area (Å²) in [6.07, 6.45) is 0. The third-order valence-electron chi connectivity index (χ3n) is 12.8. The summed E-state index contributed by atoms with van der Waals surface area (Å²) in [5, 5.41) is 9.70. The lowest BCUT2D eigenvalue weighted by Crippen LogP contribution is -2.16. The van der Waals surface area contributed by atoms with Crippen molar-refractivity contribution < 1.29 is 4.42 Å². The largest absolute Gasteiger partial charge is 0.454 e. The highest BCUT2D eigenvalue weighted by atomic mass is 16.3. The number of anilines is 3. The minimum atomic E-state index is -0.146. The second-order valence-corrected chi connectivity index (χ2v) is 16.4. The normalized spacial score (nSPS) is 13.1. The Labute approximate surface area is 343 Å². The van der Waals surface area contributed by atoms with Crippen molar-refractivity contribution in [1.82, 2.24) is 0 Å². The van der Waals surface area contributed by atoms with E-state index in [1.165, 1.54) is 76.8 Å². The first-order valence-corrected chi connectivity index (χ1v) is 20.5. The summed E-state index contributed by atoms with van der Waals surface area (Å²) in [7, 11) is 0. The van der Waals surface area contributed by atoms with Gasteiger partial charge in [-0.2, -0.15) is 0 Å². The van der Waals surface area contributed by atoms with E-state index in [9.17, 15) is 0 Å². The molecule has 0 unspecified atom stereocenters. The van der Waals surface area contributed by atoms with Crippen molar-refractivity contribution in [2.45, 2.75) is 19.3 Å². The predicted octanol–water partition coefficient (Wildman–Crippen LogP) is 16.2. The topological polar surface area (TPSA) is 16.4 Å². The molecule has 10 aromatic carbocycles. The van der Waals surface area contributed by atoms with Gasteiger partial charge in [0.25, 0.3) is 0 Å². The monoisotopic (exact) mass is 753 g/mol. The molecule has 0 fully saturated rings. The van der Waals surface area contributed by atoms with Gasteiger partial charge in [0.2, 0.25) is 0 Å². The number of rotatable bonds is 5. The maximum absolute atomic E-state index is 7.10. The lowest BCUT2D eigenvalue weighted by atomic mass is 9.82. The van der Waals surface area contributed by atoms with Gasteiger partial charge in [0, 0.05) is 27.6 Å². The fourth-order valence-electron chi connectivity index (χ4n) is 10.0. The molecule has 0 spiro atoms. The Bertz CT molecular complexity index is 3460. The van der Waals surface area contributed by atoms with Crippen LogP contribution in [0.4, 0.5) is 17.1 Å². The Hall–Kier alpha value is -7.42. The van der Waals surface area contributed by atoms with Crippen LogP contribution in [0.5, 0.6) is 0 Å². The molecule has 1 heterocycles. The maximum atomic E-state index is 7.10. The van der Waals surface area contributed by atoms with Crippen molar-refractivity contribution in [2.24, 2.45) is 0 Å². The van der Waals surface area contributed by atoms with E-state index in [4.69, 9.17) is 4.42 Å². The molecule has 11 aromatic rings. The summed E-state index contributed by atoms with van der Waals surface area (Å²) in [5.74, 6) is 0. The molecule has 0 aliphatic heterocycles. The van der Waals surface area contributed by atoms with Gasteiger partial charge in [0.15, 0.2) is 5.58 Å². The molecule has 2 nitrogen and oxygen atoms in total. The van der Waals surface area contributed by atoms with Crippen LogP contribution in [0.25, 0.3) is 87.6 Å². The third-order valence-corrected chi connectivity index (χ3v) is 12.8. The summed E-state index contributed by atoms with van der Waals surface area (Å²) >= 11 is 0. The molecule has 0 saturated carbocycles. The first-order chi connectivity index (χ1) is 29.0. The minimum absolute atomic E-state index is 0.146. The van der Waals surface area contributed by atoms with Crippen LogP contribution in [0.1, 0.15) is 25.0 Å². The van der Waals surface area contributed by atoms with E-state index in [1.54, 1.807) is 0 Å². The Kier molecular flexibility index (Phi) is 7.31. The van der Waals surface area contributed by atoms with Gasteiger partial charge >= 0.3 is 0 Å². The number of fused-ring (bicyclic) bond motifs is 11. The molecule has 0 bridgehead atoms. The fourth-order valence-corrected chi connectivity index (χ4v) is 10.0. The number of hydrogen-bond acceptors (Lipinski definition) is 2. The first-order valence-electron chi connectivity index (χ1n) is 20.5. The minimum Gasteiger partial charge on any atom is -0.454 e. The molecule has 0 N–H and O–H groups in total. The van der Waals surface area contributed by atoms with E-state index in [0.717, 1.165) is 39.0 Å². The van der Waals surface area contributed by atoms with E-state index >= 15 is 0 Å². The summed E-state index contributed by atoms with van der Waals surface area (Å²) in [6, 6.07) is 73.0. The van der Waals surface area contributed by atoms with Crippen LogP contribution in [0.2, 0.25) is 0 Å². The quantitative estimate of drug-likeness (QED) is 0.163. The van der Waals surface area contributed by atoms with Gasteiger partial charge < -0.3 is 9.32 Å². The maximum Gasteiger partial charge on any atom is 0.159 e. The number of nitrogens with zero attached hydrogens (tertiary/aromatic N) is 1. The Morgan fingerprint density at radius 1 is 0.390 bits per heavy atom. The molecular formula is C57H39NO. The highest BCUT2D eigenvalue weighted by molar-refractivity contribution is 6.24. The Balaban J connectivity index is 1.08. The SMILES string of the molecule is CC1(C)c2ccccc2-c2ccc(N(c3ccc(-c4cc5ccccc5c5ccccc45)cc3)c3cccc4c3oc3cc(-c5ccccc5)c5ccccc5c34)cc21. The molecular weight excluding hydrogens is 715 g/mol. The second kappa shape index (κ2) is 12.8. The average molecular weight is 754 g/mol. The van der Waals surface area contributed by atoms with Gasteiger partial charge in [-0.25, -0.2) is 0 Å².